The molecular weight excluding hydrogens is 226 g/mol. The molecule has 0 aromatic carbocycles. The third kappa shape index (κ3) is 3.95. The van der Waals surface area contributed by atoms with E-state index in [1.165, 1.54) is 5.56 Å². The third-order valence-corrected chi connectivity index (χ3v) is 3.07. The highest BCUT2D eigenvalue weighted by atomic mass is 16.3. The molecule has 0 amide bonds. The Balaban J connectivity index is 0.000000771. The number of piperidine rings is 1. The average molecular weight is 251 g/mol. The van der Waals surface area contributed by atoms with Crippen molar-refractivity contribution in [2.75, 3.05) is 18.0 Å². The van der Waals surface area contributed by atoms with Gasteiger partial charge in [0, 0.05) is 25.5 Å². The Morgan fingerprint density at radius 3 is 2.11 bits per heavy atom. The van der Waals surface area contributed by atoms with Crippen molar-refractivity contribution in [1.29, 1.82) is 0 Å². The SMILES string of the molecule is CC.CC(C)c1cnc(N2CCC(O)CC2)nc1. The van der Waals surface area contributed by atoms with Crippen LogP contribution in [0.4, 0.5) is 5.95 Å². The van der Waals surface area contributed by atoms with Crippen LogP contribution in [0.5, 0.6) is 0 Å². The molecule has 0 atom stereocenters. The highest BCUT2D eigenvalue weighted by Gasteiger charge is 2.18. The summed E-state index contributed by atoms with van der Waals surface area (Å²) < 4.78 is 0. The minimum Gasteiger partial charge on any atom is -0.393 e. The molecule has 18 heavy (non-hydrogen) atoms. The highest BCUT2D eigenvalue weighted by Crippen LogP contribution is 2.17. The minimum absolute atomic E-state index is 0.147. The molecule has 4 nitrogen and oxygen atoms in total. The number of hydrogen-bond donors (Lipinski definition) is 1. The van der Waals surface area contributed by atoms with Gasteiger partial charge >= 0.3 is 0 Å². The predicted molar refractivity (Wildman–Crippen MR) is 74.9 cm³/mol. The van der Waals surface area contributed by atoms with E-state index >= 15 is 0 Å². The first-order chi connectivity index (χ1) is 8.66. The van der Waals surface area contributed by atoms with Gasteiger partial charge in [-0.2, -0.15) is 0 Å². The quantitative estimate of drug-likeness (QED) is 0.877. The van der Waals surface area contributed by atoms with Crippen LogP contribution in [0, 0.1) is 0 Å². The summed E-state index contributed by atoms with van der Waals surface area (Å²) in [4.78, 5) is 10.9. The van der Waals surface area contributed by atoms with Crippen LogP contribution in [-0.2, 0) is 0 Å². The Morgan fingerprint density at radius 2 is 1.67 bits per heavy atom. The van der Waals surface area contributed by atoms with E-state index in [0.717, 1.165) is 31.9 Å². The van der Waals surface area contributed by atoms with E-state index in [4.69, 9.17) is 0 Å². The first kappa shape index (κ1) is 14.9. The van der Waals surface area contributed by atoms with Gasteiger partial charge in [0.2, 0.25) is 5.95 Å². The summed E-state index contributed by atoms with van der Waals surface area (Å²) in [6.45, 7) is 9.97. The van der Waals surface area contributed by atoms with Crippen molar-refractivity contribution in [3.05, 3.63) is 18.0 Å². The first-order valence-corrected chi connectivity index (χ1v) is 6.92. The van der Waals surface area contributed by atoms with Crippen molar-refractivity contribution in [3.63, 3.8) is 0 Å². The largest absolute Gasteiger partial charge is 0.393 e. The standard InChI is InChI=1S/C12H19N3O.C2H6/c1-9(2)10-7-13-12(14-8-10)15-5-3-11(16)4-6-15;1-2/h7-9,11,16H,3-6H2,1-2H3;1-2H3. The molecule has 4 heteroatoms. The molecule has 0 unspecified atom stereocenters. The van der Waals surface area contributed by atoms with E-state index in [0.29, 0.717) is 5.92 Å². The van der Waals surface area contributed by atoms with E-state index in [-0.39, 0.29) is 6.10 Å². The summed E-state index contributed by atoms with van der Waals surface area (Å²) in [5.74, 6) is 1.26. The number of hydrogen-bond acceptors (Lipinski definition) is 4. The molecule has 1 saturated heterocycles. The van der Waals surface area contributed by atoms with Crippen LogP contribution in [0.1, 0.15) is 52.0 Å². The third-order valence-electron chi connectivity index (χ3n) is 3.07. The topological polar surface area (TPSA) is 49.2 Å². The fourth-order valence-corrected chi connectivity index (χ4v) is 1.86. The maximum Gasteiger partial charge on any atom is 0.225 e. The van der Waals surface area contributed by atoms with Crippen LogP contribution < -0.4 is 4.90 Å². The van der Waals surface area contributed by atoms with Crippen molar-refractivity contribution in [1.82, 2.24) is 9.97 Å². The maximum atomic E-state index is 9.42. The number of rotatable bonds is 2. The van der Waals surface area contributed by atoms with Crippen molar-refractivity contribution in [3.8, 4) is 0 Å². The van der Waals surface area contributed by atoms with E-state index in [2.05, 4.69) is 28.7 Å². The Labute approximate surface area is 110 Å². The van der Waals surface area contributed by atoms with Crippen molar-refractivity contribution >= 4 is 5.95 Å². The molecule has 1 N–H and O–H groups in total. The average Bonchev–Trinajstić information content (AvgIpc) is 2.42. The Hall–Kier alpha value is -1.16. The molecule has 1 aromatic heterocycles. The molecule has 1 aliphatic heterocycles. The zero-order valence-electron chi connectivity index (χ0n) is 11.9. The van der Waals surface area contributed by atoms with Crippen LogP contribution in [0.15, 0.2) is 12.4 Å². The lowest BCUT2D eigenvalue weighted by Crippen LogP contribution is -2.36. The summed E-state index contributed by atoms with van der Waals surface area (Å²) in [6, 6.07) is 0. The van der Waals surface area contributed by atoms with Gasteiger partial charge in [0.25, 0.3) is 0 Å². The molecule has 0 aliphatic carbocycles. The van der Waals surface area contributed by atoms with Crippen LogP contribution >= 0.6 is 0 Å². The van der Waals surface area contributed by atoms with Gasteiger partial charge in [0.1, 0.15) is 0 Å². The van der Waals surface area contributed by atoms with Gasteiger partial charge in [-0.3, -0.25) is 0 Å². The second kappa shape index (κ2) is 7.31. The second-order valence-electron chi connectivity index (χ2n) is 4.69. The number of anilines is 1. The molecule has 0 bridgehead atoms. The number of aliphatic hydroxyl groups is 1. The minimum atomic E-state index is -0.147. The van der Waals surface area contributed by atoms with Crippen LogP contribution in [0.3, 0.4) is 0 Å². The molecule has 0 saturated carbocycles. The zero-order chi connectivity index (χ0) is 13.5. The predicted octanol–water partition coefficient (Wildman–Crippen LogP) is 2.59. The summed E-state index contributed by atoms with van der Waals surface area (Å²) in [5, 5.41) is 9.42. The lowest BCUT2D eigenvalue weighted by atomic mass is 10.1. The van der Waals surface area contributed by atoms with E-state index in [1.807, 2.05) is 26.2 Å². The normalized spacial score (nSPS) is 16.4. The summed E-state index contributed by atoms with van der Waals surface area (Å²) in [5.41, 5.74) is 1.17. The van der Waals surface area contributed by atoms with Crippen LogP contribution in [0.2, 0.25) is 0 Å². The lowest BCUT2D eigenvalue weighted by Gasteiger charge is -2.29. The highest BCUT2D eigenvalue weighted by molar-refractivity contribution is 5.31. The molecule has 1 aliphatic rings. The van der Waals surface area contributed by atoms with Gasteiger partial charge in [-0.1, -0.05) is 27.7 Å². The van der Waals surface area contributed by atoms with Crippen LogP contribution in [-0.4, -0.2) is 34.3 Å². The monoisotopic (exact) mass is 251 g/mol. The lowest BCUT2D eigenvalue weighted by molar-refractivity contribution is 0.145. The van der Waals surface area contributed by atoms with E-state index < -0.39 is 0 Å². The summed E-state index contributed by atoms with van der Waals surface area (Å²) >= 11 is 0. The number of aliphatic hydroxyl groups excluding tert-OH is 1. The van der Waals surface area contributed by atoms with E-state index in [1.54, 1.807) is 0 Å². The zero-order valence-corrected chi connectivity index (χ0v) is 11.9. The number of aromatic nitrogens is 2. The summed E-state index contributed by atoms with van der Waals surface area (Å²) in [6.07, 6.45) is 5.28. The smallest absolute Gasteiger partial charge is 0.225 e. The van der Waals surface area contributed by atoms with Gasteiger partial charge in [0.05, 0.1) is 6.10 Å². The molecular formula is C14H25N3O. The molecule has 0 spiro atoms. The van der Waals surface area contributed by atoms with Crippen molar-refractivity contribution in [2.24, 2.45) is 0 Å². The Morgan fingerprint density at radius 1 is 1.17 bits per heavy atom. The van der Waals surface area contributed by atoms with Gasteiger partial charge < -0.3 is 10.0 Å². The van der Waals surface area contributed by atoms with Gasteiger partial charge in [-0.05, 0) is 24.3 Å². The summed E-state index contributed by atoms with van der Waals surface area (Å²) in [7, 11) is 0. The second-order valence-corrected chi connectivity index (χ2v) is 4.69. The van der Waals surface area contributed by atoms with Crippen molar-refractivity contribution < 1.29 is 5.11 Å². The van der Waals surface area contributed by atoms with Gasteiger partial charge in [-0.25, -0.2) is 9.97 Å². The first-order valence-electron chi connectivity index (χ1n) is 6.92. The van der Waals surface area contributed by atoms with Gasteiger partial charge in [-0.15, -0.1) is 0 Å². The fourth-order valence-electron chi connectivity index (χ4n) is 1.86. The Kier molecular flexibility index (Phi) is 6.05. The molecule has 1 fully saturated rings. The number of nitrogens with zero attached hydrogens (tertiary/aromatic N) is 3. The van der Waals surface area contributed by atoms with E-state index in [9.17, 15) is 5.11 Å². The van der Waals surface area contributed by atoms with Gasteiger partial charge in [0.15, 0.2) is 0 Å². The molecule has 2 rings (SSSR count). The molecule has 102 valence electrons. The fraction of sp³-hybridized carbons (Fsp3) is 0.714. The van der Waals surface area contributed by atoms with Crippen molar-refractivity contribution in [2.45, 2.75) is 52.6 Å². The molecule has 1 aromatic rings. The molecule has 0 radical (unpaired) electrons. The van der Waals surface area contributed by atoms with Crippen LogP contribution in [0.25, 0.3) is 0 Å². The Bertz CT molecular complexity index is 329. The maximum absolute atomic E-state index is 9.42. The molecule has 2 heterocycles.